The Labute approximate surface area is 163 Å². The van der Waals surface area contributed by atoms with E-state index < -0.39 is 0 Å². The Hall–Kier alpha value is -2.52. The molecule has 0 unspecified atom stereocenters. The van der Waals surface area contributed by atoms with Crippen molar-refractivity contribution in [1.29, 1.82) is 0 Å². The van der Waals surface area contributed by atoms with Crippen LogP contribution in [0.5, 0.6) is 23.0 Å². The van der Waals surface area contributed by atoms with Crippen LogP contribution in [0.4, 0.5) is 0 Å². The van der Waals surface area contributed by atoms with Gasteiger partial charge in [-0.2, -0.15) is 0 Å². The largest absolute Gasteiger partial charge is 0.504 e. The molecule has 0 saturated heterocycles. The summed E-state index contributed by atoms with van der Waals surface area (Å²) < 4.78 is 10.3. The van der Waals surface area contributed by atoms with Crippen LogP contribution < -0.4 is 9.47 Å². The fourth-order valence-corrected chi connectivity index (χ4v) is 3.22. The lowest BCUT2D eigenvalue weighted by Crippen LogP contribution is -2.28. The highest BCUT2D eigenvalue weighted by atomic mass is 17.1. The second-order valence-electron chi connectivity index (χ2n) is 6.53. The molecule has 0 radical (unpaired) electrons. The molecule has 2 aromatic rings. The van der Waals surface area contributed by atoms with E-state index in [1.165, 1.54) is 26.4 Å². The first-order valence-corrected chi connectivity index (χ1v) is 8.76. The summed E-state index contributed by atoms with van der Waals surface area (Å²) in [6.45, 7) is 0.0405. The van der Waals surface area contributed by atoms with Crippen molar-refractivity contribution in [2.45, 2.75) is 12.8 Å². The Kier molecular flexibility index (Phi) is 8.34. The molecule has 0 spiro atoms. The summed E-state index contributed by atoms with van der Waals surface area (Å²) in [5, 5.41) is 37.6. The number of aromatic hydroxyl groups is 2. The molecule has 0 saturated carbocycles. The number of hydrogen-bond acceptors (Lipinski definition) is 8. The lowest BCUT2D eigenvalue weighted by Gasteiger charge is -2.25. The van der Waals surface area contributed by atoms with Gasteiger partial charge in [-0.25, -0.2) is 9.78 Å². The molecule has 8 heteroatoms. The van der Waals surface area contributed by atoms with Gasteiger partial charge >= 0.3 is 0 Å². The normalized spacial score (nSPS) is 13.1. The van der Waals surface area contributed by atoms with Crippen molar-refractivity contribution in [2.75, 3.05) is 27.4 Å². The lowest BCUT2D eigenvalue weighted by atomic mass is 9.83. The minimum absolute atomic E-state index is 0.0203. The molecule has 0 aliphatic rings. The summed E-state index contributed by atoms with van der Waals surface area (Å²) >= 11 is 0. The Balaban J connectivity index is 2.23. The molecule has 4 N–H and O–H groups in total. The molecule has 0 aromatic heterocycles. The fraction of sp³-hybridized carbons (Fsp3) is 0.400. The summed E-state index contributed by atoms with van der Waals surface area (Å²) in [5.74, 6) is 0.330. The highest BCUT2D eigenvalue weighted by molar-refractivity contribution is 5.43. The van der Waals surface area contributed by atoms with E-state index in [2.05, 4.69) is 9.78 Å². The van der Waals surface area contributed by atoms with Gasteiger partial charge in [0, 0.05) is 0 Å². The zero-order valence-corrected chi connectivity index (χ0v) is 15.9. The van der Waals surface area contributed by atoms with Gasteiger partial charge in [0.05, 0.1) is 27.4 Å². The highest BCUT2D eigenvalue weighted by Crippen LogP contribution is 2.31. The van der Waals surface area contributed by atoms with Gasteiger partial charge in [0.25, 0.3) is 0 Å². The van der Waals surface area contributed by atoms with Gasteiger partial charge in [-0.1, -0.05) is 12.1 Å². The number of phenolic OH excluding ortho intramolecular Hbond substituents is 2. The van der Waals surface area contributed by atoms with Gasteiger partial charge in [0.2, 0.25) is 0 Å². The third kappa shape index (κ3) is 5.74. The molecular formula is C20H26O8. The SMILES string of the molecule is COc1cc(C[C@H](COO)[C@@H](COO)Cc2ccc(O)c(OC)c2)ccc1O. The van der Waals surface area contributed by atoms with Crippen LogP contribution in [-0.2, 0) is 22.6 Å². The maximum atomic E-state index is 9.76. The van der Waals surface area contributed by atoms with Crippen LogP contribution in [0.3, 0.4) is 0 Å². The molecule has 0 bridgehead atoms. The average Bonchev–Trinajstić information content (AvgIpc) is 2.70. The van der Waals surface area contributed by atoms with Crippen molar-refractivity contribution in [3.8, 4) is 23.0 Å². The van der Waals surface area contributed by atoms with Crippen LogP contribution in [-0.4, -0.2) is 48.2 Å². The van der Waals surface area contributed by atoms with Gasteiger partial charge < -0.3 is 19.7 Å². The first-order chi connectivity index (χ1) is 13.5. The summed E-state index contributed by atoms with van der Waals surface area (Å²) in [6.07, 6.45) is 0.973. The Morgan fingerprint density at radius 1 is 0.714 bits per heavy atom. The summed E-state index contributed by atoms with van der Waals surface area (Å²) in [6, 6.07) is 9.99. The van der Waals surface area contributed by atoms with E-state index in [9.17, 15) is 10.2 Å². The van der Waals surface area contributed by atoms with Crippen LogP contribution in [0.25, 0.3) is 0 Å². The van der Waals surface area contributed by atoms with Gasteiger partial charge in [-0.05, 0) is 60.1 Å². The van der Waals surface area contributed by atoms with Crippen LogP contribution >= 0.6 is 0 Å². The van der Waals surface area contributed by atoms with E-state index in [1.807, 2.05) is 0 Å². The molecule has 2 atom stereocenters. The number of hydrogen-bond donors (Lipinski definition) is 4. The molecule has 0 aliphatic carbocycles. The number of benzene rings is 2. The van der Waals surface area contributed by atoms with Crippen molar-refractivity contribution in [2.24, 2.45) is 11.8 Å². The number of rotatable bonds is 11. The molecule has 0 amide bonds. The van der Waals surface area contributed by atoms with Gasteiger partial charge in [-0.15, -0.1) is 0 Å². The number of methoxy groups -OCH3 is 2. The van der Waals surface area contributed by atoms with Crippen molar-refractivity contribution in [3.63, 3.8) is 0 Å². The second-order valence-corrected chi connectivity index (χ2v) is 6.53. The van der Waals surface area contributed by atoms with E-state index in [0.29, 0.717) is 24.3 Å². The molecule has 28 heavy (non-hydrogen) atoms. The molecule has 2 aromatic carbocycles. The fourth-order valence-electron chi connectivity index (χ4n) is 3.22. The van der Waals surface area contributed by atoms with Crippen LogP contribution in [0.2, 0.25) is 0 Å². The molecular weight excluding hydrogens is 368 g/mol. The smallest absolute Gasteiger partial charge is 0.160 e. The first-order valence-electron chi connectivity index (χ1n) is 8.76. The zero-order chi connectivity index (χ0) is 20.5. The first kappa shape index (κ1) is 21.8. The van der Waals surface area contributed by atoms with Crippen molar-refractivity contribution < 1.29 is 40.0 Å². The van der Waals surface area contributed by atoms with E-state index >= 15 is 0 Å². The van der Waals surface area contributed by atoms with E-state index in [0.717, 1.165) is 11.1 Å². The molecule has 0 heterocycles. The monoisotopic (exact) mass is 394 g/mol. The minimum Gasteiger partial charge on any atom is -0.504 e. The number of ether oxygens (including phenoxy) is 2. The van der Waals surface area contributed by atoms with Gasteiger partial charge in [-0.3, -0.25) is 10.5 Å². The van der Waals surface area contributed by atoms with Gasteiger partial charge in [0.1, 0.15) is 0 Å². The molecule has 0 fully saturated rings. The second kappa shape index (κ2) is 10.7. The van der Waals surface area contributed by atoms with Crippen molar-refractivity contribution in [1.82, 2.24) is 0 Å². The van der Waals surface area contributed by atoms with Crippen molar-refractivity contribution >= 4 is 0 Å². The maximum absolute atomic E-state index is 9.76. The lowest BCUT2D eigenvalue weighted by molar-refractivity contribution is -0.271. The topological polar surface area (TPSA) is 118 Å². The van der Waals surface area contributed by atoms with E-state index in [-0.39, 0.29) is 36.5 Å². The quantitative estimate of drug-likeness (QED) is 0.339. The maximum Gasteiger partial charge on any atom is 0.160 e. The Bertz CT molecular complexity index is 685. The third-order valence-corrected chi connectivity index (χ3v) is 4.73. The Morgan fingerprint density at radius 3 is 1.43 bits per heavy atom. The highest BCUT2D eigenvalue weighted by Gasteiger charge is 2.24. The van der Waals surface area contributed by atoms with E-state index in [1.54, 1.807) is 24.3 Å². The molecule has 0 aliphatic heterocycles. The average molecular weight is 394 g/mol. The number of phenols is 2. The predicted molar refractivity (Wildman–Crippen MR) is 101 cm³/mol. The van der Waals surface area contributed by atoms with Crippen LogP contribution in [0.1, 0.15) is 11.1 Å². The Morgan fingerprint density at radius 2 is 1.11 bits per heavy atom. The minimum atomic E-state index is -0.216. The summed E-state index contributed by atoms with van der Waals surface area (Å²) in [7, 11) is 2.93. The van der Waals surface area contributed by atoms with Crippen LogP contribution in [0, 0.1) is 11.8 Å². The molecule has 154 valence electrons. The molecule has 8 nitrogen and oxygen atoms in total. The third-order valence-electron chi connectivity index (χ3n) is 4.73. The van der Waals surface area contributed by atoms with Crippen molar-refractivity contribution in [3.05, 3.63) is 47.5 Å². The van der Waals surface area contributed by atoms with Crippen LogP contribution in [0.15, 0.2) is 36.4 Å². The van der Waals surface area contributed by atoms with E-state index in [4.69, 9.17) is 20.0 Å². The standard InChI is InChI=1S/C20H26O8/c1-25-19-9-13(3-5-17(19)21)7-15(11-27-23)16(12-28-24)8-14-4-6-18(22)20(10-14)26-2/h3-6,9-10,15-16,21-24H,7-8,11-12H2,1-2H3/t15-,16-/m1/s1. The predicted octanol–water partition coefficient (Wildman–Crippen LogP) is 3.11. The van der Waals surface area contributed by atoms with Gasteiger partial charge in [0.15, 0.2) is 23.0 Å². The summed E-state index contributed by atoms with van der Waals surface area (Å²) in [5.41, 5.74) is 1.73. The summed E-state index contributed by atoms with van der Waals surface area (Å²) in [4.78, 5) is 8.81. The zero-order valence-electron chi connectivity index (χ0n) is 15.9. The molecule has 2 rings (SSSR count).